The minimum atomic E-state index is -0.726. The van der Waals surface area contributed by atoms with Crippen LogP contribution in [0.25, 0.3) is 11.5 Å². The smallest absolute Gasteiger partial charge is 0.247 e. The van der Waals surface area contributed by atoms with E-state index in [0.717, 1.165) is 22.4 Å². The van der Waals surface area contributed by atoms with E-state index in [9.17, 15) is 5.11 Å². The molecule has 0 aliphatic rings. The van der Waals surface area contributed by atoms with Crippen LogP contribution in [0, 0.1) is 13.8 Å². The van der Waals surface area contributed by atoms with Gasteiger partial charge in [0.25, 0.3) is 0 Å². The van der Waals surface area contributed by atoms with E-state index in [4.69, 9.17) is 13.9 Å². The molecular weight excluding hydrogens is 320 g/mol. The lowest BCUT2D eigenvalue weighted by Crippen LogP contribution is -2.25. The van der Waals surface area contributed by atoms with Gasteiger partial charge >= 0.3 is 0 Å². The van der Waals surface area contributed by atoms with Crippen molar-refractivity contribution in [2.75, 3.05) is 13.2 Å². The number of rotatable bonds is 7. The van der Waals surface area contributed by atoms with Gasteiger partial charge in [-0.2, -0.15) is 0 Å². The molecule has 0 saturated heterocycles. The minimum absolute atomic E-state index is 0.144. The predicted molar refractivity (Wildman–Crippen MR) is 92.6 cm³/mol. The zero-order chi connectivity index (χ0) is 17.6. The Labute approximate surface area is 146 Å². The van der Waals surface area contributed by atoms with E-state index in [0.29, 0.717) is 11.6 Å². The Morgan fingerprint density at radius 1 is 1.04 bits per heavy atom. The molecule has 0 aliphatic heterocycles. The van der Waals surface area contributed by atoms with Gasteiger partial charge in [-0.15, -0.1) is 10.2 Å². The fourth-order valence-electron chi connectivity index (χ4n) is 2.28. The molecule has 1 aromatic heterocycles. The summed E-state index contributed by atoms with van der Waals surface area (Å²) in [6.45, 7) is 4.29. The second kappa shape index (κ2) is 7.81. The third-order valence-electron chi connectivity index (χ3n) is 3.68. The van der Waals surface area contributed by atoms with Crippen molar-refractivity contribution in [2.45, 2.75) is 20.0 Å². The van der Waals surface area contributed by atoms with Gasteiger partial charge in [-0.3, -0.25) is 0 Å². The lowest BCUT2D eigenvalue weighted by molar-refractivity contribution is 0.0624. The van der Waals surface area contributed by atoms with Gasteiger partial charge in [-0.25, -0.2) is 0 Å². The van der Waals surface area contributed by atoms with Gasteiger partial charge in [-0.1, -0.05) is 12.1 Å². The molecule has 6 nitrogen and oxygen atoms in total. The average molecular weight is 340 g/mol. The van der Waals surface area contributed by atoms with Crippen molar-refractivity contribution < 1.29 is 19.0 Å². The van der Waals surface area contributed by atoms with Crippen molar-refractivity contribution in [1.82, 2.24) is 10.2 Å². The average Bonchev–Trinajstić information content (AvgIpc) is 3.16. The lowest BCUT2D eigenvalue weighted by atomic mass is 10.1. The first-order valence-electron chi connectivity index (χ1n) is 7.99. The molecule has 1 N–H and O–H groups in total. The molecule has 0 aliphatic carbocycles. The molecule has 25 heavy (non-hydrogen) atoms. The number of nitrogens with zero attached hydrogens (tertiary/aromatic N) is 2. The zero-order valence-electron chi connectivity index (χ0n) is 14.2. The molecule has 0 fully saturated rings. The third kappa shape index (κ3) is 4.58. The van der Waals surface area contributed by atoms with E-state index in [1.807, 2.05) is 44.2 Å². The standard InChI is InChI=1S/C19H20N2O4/c1-13-3-4-14(2)18(9-13)24-11-16(22)10-23-17-7-5-15(6-8-17)19-21-20-12-25-19/h3-9,12,16,22H,10-11H2,1-2H3/t16-/m0/s1. The first-order valence-corrected chi connectivity index (χ1v) is 7.99. The summed E-state index contributed by atoms with van der Waals surface area (Å²) in [5.74, 6) is 1.88. The largest absolute Gasteiger partial charge is 0.491 e. The Hall–Kier alpha value is -2.86. The van der Waals surface area contributed by atoms with Gasteiger partial charge in [0.2, 0.25) is 12.3 Å². The first kappa shape index (κ1) is 17.0. The Morgan fingerprint density at radius 3 is 2.52 bits per heavy atom. The van der Waals surface area contributed by atoms with Gasteiger partial charge in [-0.05, 0) is 55.3 Å². The molecular formula is C19H20N2O4. The number of aryl methyl sites for hydroxylation is 2. The maximum absolute atomic E-state index is 10.1. The van der Waals surface area contributed by atoms with Crippen LogP contribution in [-0.2, 0) is 0 Å². The quantitative estimate of drug-likeness (QED) is 0.712. The molecule has 0 bridgehead atoms. The molecule has 0 amide bonds. The molecule has 0 spiro atoms. The summed E-state index contributed by atoms with van der Waals surface area (Å²) in [6, 6.07) is 13.2. The topological polar surface area (TPSA) is 77.6 Å². The zero-order valence-corrected chi connectivity index (χ0v) is 14.2. The second-order valence-corrected chi connectivity index (χ2v) is 5.81. The minimum Gasteiger partial charge on any atom is -0.491 e. The van der Waals surface area contributed by atoms with Crippen LogP contribution in [0.2, 0.25) is 0 Å². The summed E-state index contributed by atoms with van der Waals surface area (Å²) >= 11 is 0. The summed E-state index contributed by atoms with van der Waals surface area (Å²) in [4.78, 5) is 0. The molecule has 1 heterocycles. The Kier molecular flexibility index (Phi) is 5.30. The highest BCUT2D eigenvalue weighted by Crippen LogP contribution is 2.21. The van der Waals surface area contributed by atoms with Crippen LogP contribution in [0.1, 0.15) is 11.1 Å². The lowest BCUT2D eigenvalue weighted by Gasteiger charge is -2.15. The second-order valence-electron chi connectivity index (χ2n) is 5.81. The summed E-state index contributed by atoms with van der Waals surface area (Å²) in [5, 5.41) is 17.5. The van der Waals surface area contributed by atoms with E-state index in [1.54, 1.807) is 12.1 Å². The highest BCUT2D eigenvalue weighted by molar-refractivity contribution is 5.53. The number of aliphatic hydroxyl groups is 1. The molecule has 0 radical (unpaired) electrons. The number of hydrogen-bond acceptors (Lipinski definition) is 6. The fraction of sp³-hybridized carbons (Fsp3) is 0.263. The molecule has 6 heteroatoms. The van der Waals surface area contributed by atoms with Crippen LogP contribution in [0.3, 0.4) is 0 Å². The van der Waals surface area contributed by atoms with Crippen LogP contribution in [-0.4, -0.2) is 34.6 Å². The fourth-order valence-corrected chi connectivity index (χ4v) is 2.28. The normalized spacial score (nSPS) is 12.0. The molecule has 0 saturated carbocycles. The maximum atomic E-state index is 10.1. The van der Waals surface area contributed by atoms with E-state index in [1.165, 1.54) is 6.39 Å². The highest BCUT2D eigenvalue weighted by Gasteiger charge is 2.09. The van der Waals surface area contributed by atoms with E-state index >= 15 is 0 Å². The molecule has 0 unspecified atom stereocenters. The molecule has 3 rings (SSSR count). The van der Waals surface area contributed by atoms with Crippen LogP contribution in [0.4, 0.5) is 0 Å². The van der Waals surface area contributed by atoms with E-state index in [-0.39, 0.29) is 13.2 Å². The third-order valence-corrected chi connectivity index (χ3v) is 3.68. The number of aliphatic hydroxyl groups excluding tert-OH is 1. The van der Waals surface area contributed by atoms with Crippen molar-refractivity contribution in [2.24, 2.45) is 0 Å². The summed E-state index contributed by atoms with van der Waals surface area (Å²) < 4.78 is 16.4. The Morgan fingerprint density at radius 2 is 1.80 bits per heavy atom. The monoisotopic (exact) mass is 340 g/mol. The van der Waals surface area contributed by atoms with Gasteiger partial charge in [0.15, 0.2) is 0 Å². The summed E-state index contributed by atoms with van der Waals surface area (Å²) in [5.41, 5.74) is 2.96. The van der Waals surface area contributed by atoms with Gasteiger partial charge in [0.1, 0.15) is 30.8 Å². The number of benzene rings is 2. The van der Waals surface area contributed by atoms with Gasteiger partial charge in [0.05, 0.1) is 0 Å². The Balaban J connectivity index is 1.49. The highest BCUT2D eigenvalue weighted by atomic mass is 16.5. The number of ether oxygens (including phenoxy) is 2. The molecule has 130 valence electrons. The van der Waals surface area contributed by atoms with E-state index in [2.05, 4.69) is 10.2 Å². The van der Waals surface area contributed by atoms with Crippen LogP contribution >= 0.6 is 0 Å². The Bertz CT molecular complexity index is 801. The van der Waals surface area contributed by atoms with Crippen LogP contribution < -0.4 is 9.47 Å². The van der Waals surface area contributed by atoms with Crippen molar-refractivity contribution >= 4 is 0 Å². The SMILES string of the molecule is Cc1ccc(C)c(OC[C@@H](O)COc2ccc(-c3nnco3)cc2)c1. The van der Waals surface area contributed by atoms with Crippen molar-refractivity contribution in [3.8, 4) is 23.0 Å². The predicted octanol–water partition coefficient (Wildman–Crippen LogP) is 3.17. The number of aromatic nitrogens is 2. The van der Waals surface area contributed by atoms with Crippen LogP contribution in [0.15, 0.2) is 53.3 Å². The molecule has 1 atom stereocenters. The van der Waals surface area contributed by atoms with Gasteiger partial charge < -0.3 is 19.0 Å². The van der Waals surface area contributed by atoms with Crippen molar-refractivity contribution in [3.05, 3.63) is 60.0 Å². The van der Waals surface area contributed by atoms with Gasteiger partial charge in [0, 0.05) is 5.56 Å². The maximum Gasteiger partial charge on any atom is 0.247 e. The first-order chi connectivity index (χ1) is 12.1. The molecule has 3 aromatic rings. The van der Waals surface area contributed by atoms with Crippen molar-refractivity contribution in [3.63, 3.8) is 0 Å². The van der Waals surface area contributed by atoms with Crippen LogP contribution in [0.5, 0.6) is 11.5 Å². The van der Waals surface area contributed by atoms with E-state index < -0.39 is 6.10 Å². The summed E-state index contributed by atoms with van der Waals surface area (Å²) in [6.07, 6.45) is 0.557. The van der Waals surface area contributed by atoms with Crippen molar-refractivity contribution in [1.29, 1.82) is 0 Å². The molecule has 2 aromatic carbocycles. The number of hydrogen-bond donors (Lipinski definition) is 1. The summed E-state index contributed by atoms with van der Waals surface area (Å²) in [7, 11) is 0.